The number of hydrogen-bond donors (Lipinski definition) is 3. The van der Waals surface area contributed by atoms with Gasteiger partial charge < -0.3 is 20.5 Å². The van der Waals surface area contributed by atoms with Crippen molar-refractivity contribution in [1.29, 1.82) is 0 Å². The third kappa shape index (κ3) is 9.41. The first kappa shape index (κ1) is 25.8. The number of pyridine rings is 1. The van der Waals surface area contributed by atoms with Gasteiger partial charge in [-0.3, -0.25) is 24.0 Å². The number of allylic oxidation sites excluding steroid dienone is 2. The molecule has 0 aliphatic heterocycles. The molecule has 31 heavy (non-hydrogen) atoms. The normalized spacial score (nSPS) is 11.9. The van der Waals surface area contributed by atoms with E-state index in [2.05, 4.69) is 16.0 Å². The highest BCUT2D eigenvalue weighted by Gasteiger charge is 2.20. The molecule has 0 bridgehead atoms. The first-order valence-corrected chi connectivity index (χ1v) is 10.4. The topological polar surface area (TPSA) is 126 Å². The van der Waals surface area contributed by atoms with E-state index in [0.29, 0.717) is 6.42 Å². The van der Waals surface area contributed by atoms with Crippen LogP contribution in [0.1, 0.15) is 53.4 Å². The van der Waals surface area contributed by atoms with Crippen LogP contribution < -0.4 is 21.5 Å². The monoisotopic (exact) mass is 432 g/mol. The van der Waals surface area contributed by atoms with Gasteiger partial charge in [-0.25, -0.2) is 0 Å². The van der Waals surface area contributed by atoms with Crippen molar-refractivity contribution in [3.8, 4) is 0 Å². The maximum absolute atomic E-state index is 12.7. The van der Waals surface area contributed by atoms with E-state index in [1.54, 1.807) is 12.1 Å². The Kier molecular flexibility index (Phi) is 10.9. The zero-order valence-corrected chi connectivity index (χ0v) is 18.6. The van der Waals surface area contributed by atoms with E-state index >= 15 is 0 Å². The summed E-state index contributed by atoms with van der Waals surface area (Å²) in [6.07, 6.45) is 6.73. The molecule has 0 fully saturated rings. The fourth-order valence-corrected chi connectivity index (χ4v) is 2.92. The Morgan fingerprint density at radius 2 is 1.77 bits per heavy atom. The van der Waals surface area contributed by atoms with E-state index < -0.39 is 17.5 Å². The van der Waals surface area contributed by atoms with Crippen LogP contribution in [0.25, 0.3) is 0 Å². The highest BCUT2D eigenvalue weighted by molar-refractivity contribution is 5.96. The van der Waals surface area contributed by atoms with Crippen LogP contribution in [0, 0.1) is 0 Å². The van der Waals surface area contributed by atoms with E-state index in [1.165, 1.54) is 36.8 Å². The van der Waals surface area contributed by atoms with Gasteiger partial charge in [0.1, 0.15) is 18.3 Å². The van der Waals surface area contributed by atoms with Gasteiger partial charge in [0, 0.05) is 19.2 Å². The Morgan fingerprint density at radius 3 is 2.35 bits per heavy atom. The number of anilines is 1. The molecular formula is C22H32N4O5. The van der Waals surface area contributed by atoms with Crippen molar-refractivity contribution in [3.63, 3.8) is 0 Å². The number of aromatic nitrogens is 1. The minimum absolute atomic E-state index is 0.0115. The fourth-order valence-electron chi connectivity index (χ4n) is 2.92. The van der Waals surface area contributed by atoms with Gasteiger partial charge in [-0.05, 0) is 50.8 Å². The summed E-state index contributed by atoms with van der Waals surface area (Å²) in [4.78, 5) is 60.0. The van der Waals surface area contributed by atoms with E-state index in [-0.39, 0.29) is 42.3 Å². The van der Waals surface area contributed by atoms with Crippen molar-refractivity contribution >= 4 is 29.2 Å². The summed E-state index contributed by atoms with van der Waals surface area (Å²) in [5.74, 6) is -1.34. The molecule has 0 aliphatic rings. The molecule has 0 radical (unpaired) electrons. The van der Waals surface area contributed by atoms with Gasteiger partial charge >= 0.3 is 0 Å². The number of carbonyl (C=O) groups is 4. The number of amides is 3. The Morgan fingerprint density at radius 1 is 1.10 bits per heavy atom. The number of rotatable bonds is 12. The molecule has 170 valence electrons. The summed E-state index contributed by atoms with van der Waals surface area (Å²) >= 11 is 0. The third-order valence-electron chi connectivity index (χ3n) is 4.61. The number of ketones is 1. The van der Waals surface area contributed by atoms with E-state index in [1.807, 2.05) is 13.8 Å². The maximum Gasteiger partial charge on any atom is 0.274 e. The highest BCUT2D eigenvalue weighted by atomic mass is 16.2. The Hall–Kier alpha value is -3.23. The van der Waals surface area contributed by atoms with Crippen molar-refractivity contribution in [1.82, 2.24) is 15.2 Å². The van der Waals surface area contributed by atoms with Gasteiger partial charge in [-0.1, -0.05) is 19.9 Å². The van der Waals surface area contributed by atoms with Crippen molar-refractivity contribution in [2.24, 2.45) is 0 Å². The van der Waals surface area contributed by atoms with Crippen LogP contribution >= 0.6 is 0 Å². The predicted molar refractivity (Wildman–Crippen MR) is 119 cm³/mol. The molecule has 0 saturated carbocycles. The number of nitrogens with zero attached hydrogens (tertiary/aromatic N) is 1. The standard InChI is InChI=1S/C22H32N4O5/c1-5-17(6-2)24-20(29)14-26-13-9-12-19(22(26)31)25-21(30)18(23-16(4)28)11-8-7-10-15(3)27/h7,9-10,12-13,17-18H,5-6,8,11,14H2,1-4H3,(H,23,28)(H,24,29)(H,25,30)/b10-7+/t18-/m0/s1. The molecule has 1 aromatic rings. The second-order valence-corrected chi connectivity index (χ2v) is 7.27. The van der Waals surface area contributed by atoms with Crippen LogP contribution in [-0.2, 0) is 25.7 Å². The lowest BCUT2D eigenvalue weighted by atomic mass is 10.1. The van der Waals surface area contributed by atoms with Crippen molar-refractivity contribution < 1.29 is 19.2 Å². The molecule has 0 aliphatic carbocycles. The average Bonchev–Trinajstić information content (AvgIpc) is 2.70. The van der Waals surface area contributed by atoms with Crippen molar-refractivity contribution in [3.05, 3.63) is 40.8 Å². The second-order valence-electron chi connectivity index (χ2n) is 7.27. The van der Waals surface area contributed by atoms with Gasteiger partial charge in [0.05, 0.1) is 0 Å². The molecule has 0 unspecified atom stereocenters. The van der Waals surface area contributed by atoms with Crippen LogP contribution in [0.4, 0.5) is 5.69 Å². The van der Waals surface area contributed by atoms with Gasteiger partial charge in [-0.2, -0.15) is 0 Å². The highest BCUT2D eigenvalue weighted by Crippen LogP contribution is 2.05. The van der Waals surface area contributed by atoms with Gasteiger partial charge in [0.2, 0.25) is 17.7 Å². The summed E-state index contributed by atoms with van der Waals surface area (Å²) in [7, 11) is 0. The summed E-state index contributed by atoms with van der Waals surface area (Å²) in [6.45, 7) is 6.49. The number of carbonyl (C=O) groups excluding carboxylic acids is 4. The molecule has 9 heteroatoms. The molecule has 1 heterocycles. The second kappa shape index (κ2) is 13.1. The van der Waals surface area contributed by atoms with E-state index in [0.717, 1.165) is 12.8 Å². The lowest BCUT2D eigenvalue weighted by Crippen LogP contribution is -2.44. The van der Waals surface area contributed by atoms with Crippen LogP contribution in [0.2, 0.25) is 0 Å². The molecule has 1 rings (SSSR count). The number of nitrogens with one attached hydrogen (secondary N) is 3. The fraction of sp³-hybridized carbons (Fsp3) is 0.500. The molecule has 3 amide bonds. The van der Waals surface area contributed by atoms with Crippen LogP contribution in [0.15, 0.2) is 35.3 Å². The van der Waals surface area contributed by atoms with Crippen LogP contribution in [0.5, 0.6) is 0 Å². The predicted octanol–water partition coefficient (Wildman–Crippen LogP) is 1.52. The summed E-state index contributed by atoms with van der Waals surface area (Å²) < 4.78 is 1.22. The maximum atomic E-state index is 12.7. The zero-order chi connectivity index (χ0) is 23.4. The zero-order valence-electron chi connectivity index (χ0n) is 18.6. The third-order valence-corrected chi connectivity index (χ3v) is 4.61. The molecule has 3 N–H and O–H groups in total. The SMILES string of the molecule is CCC(CC)NC(=O)Cn1cccc(NC(=O)[C@H](CC/C=C/C(C)=O)NC(C)=O)c1=O. The lowest BCUT2D eigenvalue weighted by Gasteiger charge is -2.18. The van der Waals surface area contributed by atoms with Gasteiger partial charge in [0.15, 0.2) is 5.78 Å². The molecule has 1 atom stereocenters. The van der Waals surface area contributed by atoms with E-state index in [4.69, 9.17) is 0 Å². The molecule has 0 aromatic carbocycles. The van der Waals surface area contributed by atoms with Crippen LogP contribution in [-0.4, -0.2) is 40.2 Å². The largest absolute Gasteiger partial charge is 0.352 e. The Balaban J connectivity index is 2.88. The minimum Gasteiger partial charge on any atom is -0.352 e. The summed E-state index contributed by atoms with van der Waals surface area (Å²) in [5, 5.41) is 7.94. The van der Waals surface area contributed by atoms with Gasteiger partial charge in [0.25, 0.3) is 5.56 Å². The molecular weight excluding hydrogens is 400 g/mol. The van der Waals surface area contributed by atoms with Crippen molar-refractivity contribution in [2.45, 2.75) is 72.0 Å². The smallest absolute Gasteiger partial charge is 0.274 e. The van der Waals surface area contributed by atoms with Crippen LogP contribution in [0.3, 0.4) is 0 Å². The molecule has 9 nitrogen and oxygen atoms in total. The lowest BCUT2D eigenvalue weighted by molar-refractivity contribution is -0.125. The van der Waals surface area contributed by atoms with E-state index in [9.17, 15) is 24.0 Å². The Bertz CT molecular complexity index is 871. The summed E-state index contributed by atoms with van der Waals surface area (Å²) in [5.41, 5.74) is -0.508. The summed E-state index contributed by atoms with van der Waals surface area (Å²) in [6, 6.07) is 2.17. The molecule has 1 aromatic heterocycles. The number of hydrogen-bond acceptors (Lipinski definition) is 5. The van der Waals surface area contributed by atoms with Gasteiger partial charge in [-0.15, -0.1) is 0 Å². The quantitative estimate of drug-likeness (QED) is 0.432. The first-order chi connectivity index (χ1) is 14.7. The Labute approximate surface area is 182 Å². The first-order valence-electron chi connectivity index (χ1n) is 10.4. The minimum atomic E-state index is -0.875. The molecule has 0 saturated heterocycles. The van der Waals surface area contributed by atoms with Crippen molar-refractivity contribution in [2.75, 3.05) is 5.32 Å². The molecule has 0 spiro atoms. The average molecular weight is 433 g/mol.